The van der Waals surface area contributed by atoms with Gasteiger partial charge in [0.25, 0.3) is 0 Å². The fraction of sp³-hybridized carbons (Fsp3) is 0.759. The summed E-state index contributed by atoms with van der Waals surface area (Å²) in [5, 5.41) is 32.6. The summed E-state index contributed by atoms with van der Waals surface area (Å²) in [6.45, 7) is 8.06. The van der Waals surface area contributed by atoms with Gasteiger partial charge in [0.1, 0.15) is 5.60 Å². The Morgan fingerprint density at radius 3 is 2.57 bits per heavy atom. The van der Waals surface area contributed by atoms with E-state index in [-0.39, 0.29) is 30.6 Å². The first-order valence-electron chi connectivity index (χ1n) is 13.5. The van der Waals surface area contributed by atoms with Gasteiger partial charge in [-0.15, -0.1) is 0 Å². The lowest BCUT2D eigenvalue weighted by Crippen LogP contribution is -2.69. The topological polar surface area (TPSA) is 121 Å². The third-order valence-electron chi connectivity index (χ3n) is 10.5. The monoisotopic (exact) mass is 520 g/mol. The molecule has 3 N–H and O–H groups in total. The van der Waals surface area contributed by atoms with Crippen molar-refractivity contribution >= 4 is 17.5 Å². The summed E-state index contributed by atoms with van der Waals surface area (Å²) in [5.74, 6) is -3.52. The van der Waals surface area contributed by atoms with Crippen LogP contribution < -0.4 is 0 Å². The number of allylic oxidation sites excluding steroid dienone is 4. The normalized spacial score (nSPS) is 44.2. The van der Waals surface area contributed by atoms with Gasteiger partial charge in [0.15, 0.2) is 18.1 Å². The predicted octanol–water partition coefficient (Wildman–Crippen LogP) is 3.10. The van der Waals surface area contributed by atoms with Crippen LogP contribution in [0.15, 0.2) is 23.8 Å². The van der Waals surface area contributed by atoms with Crippen LogP contribution in [0.2, 0.25) is 0 Å². The van der Waals surface area contributed by atoms with E-state index < -0.39 is 64.3 Å². The first-order valence-corrected chi connectivity index (χ1v) is 13.5. The number of alkyl halides is 1. The van der Waals surface area contributed by atoms with Gasteiger partial charge in [0.05, 0.1) is 12.0 Å². The molecule has 0 saturated heterocycles. The molecule has 4 aliphatic carbocycles. The number of hydrogen-bond acceptors (Lipinski definition) is 7. The summed E-state index contributed by atoms with van der Waals surface area (Å²) in [6, 6.07) is 0. The van der Waals surface area contributed by atoms with E-state index in [9.17, 15) is 29.7 Å². The molecule has 0 radical (unpaired) electrons. The van der Waals surface area contributed by atoms with Gasteiger partial charge in [-0.3, -0.25) is 14.4 Å². The Balaban J connectivity index is 1.59. The number of halogens is 1. The number of rotatable bonds is 7. The largest absolute Gasteiger partial charge is 0.457 e. The standard InChI is InChI=1S/C29H41FO7/c1-16(14-31)10-17(2)25(35)37-15-24(34)29(36)18(3)11-22-21-7-6-19-12-20(32)8-9-26(19,4)28(21,30)23(33)13-27(22,29)5/h8-9,12,16-18,21-23,31,33,36H,6-7,10-11,13-15H2,1-5H3. The van der Waals surface area contributed by atoms with Crippen molar-refractivity contribution in [3.8, 4) is 0 Å². The zero-order valence-electron chi connectivity index (χ0n) is 22.5. The molecular weight excluding hydrogens is 479 g/mol. The minimum atomic E-state index is -2.04. The van der Waals surface area contributed by atoms with E-state index in [1.165, 1.54) is 12.2 Å². The second-order valence-corrected chi connectivity index (χ2v) is 12.6. The Bertz CT molecular complexity index is 1040. The number of carbonyl (C=O) groups is 3. The molecule has 10 unspecified atom stereocenters. The maximum Gasteiger partial charge on any atom is 0.309 e. The molecule has 0 aromatic carbocycles. The first-order chi connectivity index (χ1) is 17.2. The zero-order valence-corrected chi connectivity index (χ0v) is 22.5. The molecule has 0 spiro atoms. The highest BCUT2D eigenvalue weighted by molar-refractivity contribution is 6.01. The van der Waals surface area contributed by atoms with Gasteiger partial charge in [-0.1, -0.05) is 39.3 Å². The number of carbonyl (C=O) groups excluding carboxylic acids is 3. The van der Waals surface area contributed by atoms with Crippen molar-refractivity contribution in [1.29, 1.82) is 0 Å². The molecule has 3 fully saturated rings. The molecule has 0 heterocycles. The summed E-state index contributed by atoms with van der Waals surface area (Å²) in [4.78, 5) is 38.0. The van der Waals surface area contributed by atoms with Gasteiger partial charge in [-0.05, 0) is 68.9 Å². The van der Waals surface area contributed by atoms with Gasteiger partial charge in [0, 0.05) is 23.4 Å². The molecule has 0 bridgehead atoms. The predicted molar refractivity (Wildman–Crippen MR) is 134 cm³/mol. The molecule has 3 saturated carbocycles. The van der Waals surface area contributed by atoms with Crippen LogP contribution in [0.3, 0.4) is 0 Å². The molecule has 0 amide bonds. The molecule has 0 aromatic heterocycles. The van der Waals surface area contributed by atoms with Crippen LogP contribution in [0.4, 0.5) is 4.39 Å². The van der Waals surface area contributed by atoms with Crippen LogP contribution in [0.5, 0.6) is 0 Å². The Morgan fingerprint density at radius 1 is 1.24 bits per heavy atom. The number of fused-ring (bicyclic) bond motifs is 5. The number of hydrogen-bond donors (Lipinski definition) is 3. The molecule has 4 rings (SSSR count). The first kappa shape index (κ1) is 28.1. The van der Waals surface area contributed by atoms with E-state index in [1.807, 2.05) is 6.92 Å². The highest BCUT2D eigenvalue weighted by atomic mass is 19.1. The van der Waals surface area contributed by atoms with E-state index in [4.69, 9.17) is 4.74 Å². The molecule has 37 heavy (non-hydrogen) atoms. The number of Topliss-reactive ketones (excluding diaryl/α,β-unsaturated/α-hetero) is 1. The van der Waals surface area contributed by atoms with E-state index in [0.29, 0.717) is 31.3 Å². The summed E-state index contributed by atoms with van der Waals surface area (Å²) in [7, 11) is 0. The lowest BCUT2D eigenvalue weighted by molar-refractivity contribution is -0.220. The number of ketones is 2. The van der Waals surface area contributed by atoms with Crippen molar-refractivity contribution in [2.45, 2.75) is 84.1 Å². The highest BCUT2D eigenvalue weighted by Crippen LogP contribution is 2.70. The zero-order chi connectivity index (χ0) is 27.6. The number of ether oxygens (including phenoxy) is 1. The SMILES string of the molecule is CC(CO)CC(C)C(=O)OCC(=O)C1(O)C(C)CC2C3CCC4=CC(=O)C=CC4(C)C3(F)C(O)CC21C. The molecule has 0 aliphatic heterocycles. The molecule has 206 valence electrons. The van der Waals surface area contributed by atoms with Crippen molar-refractivity contribution < 1.29 is 38.8 Å². The smallest absolute Gasteiger partial charge is 0.309 e. The van der Waals surface area contributed by atoms with E-state index in [2.05, 4.69) is 0 Å². The molecule has 8 heteroatoms. The summed E-state index contributed by atoms with van der Waals surface area (Å²) < 4.78 is 22.5. The lowest BCUT2D eigenvalue weighted by atomic mass is 9.44. The van der Waals surface area contributed by atoms with Crippen molar-refractivity contribution in [2.24, 2.45) is 40.4 Å². The van der Waals surface area contributed by atoms with Gasteiger partial charge in [0.2, 0.25) is 5.78 Å². The number of aliphatic hydroxyl groups is 3. The van der Waals surface area contributed by atoms with Crippen LogP contribution in [0.1, 0.15) is 66.7 Å². The van der Waals surface area contributed by atoms with Crippen LogP contribution in [-0.2, 0) is 19.1 Å². The average Bonchev–Trinajstić information content (AvgIpc) is 3.04. The van der Waals surface area contributed by atoms with Crippen LogP contribution >= 0.6 is 0 Å². The van der Waals surface area contributed by atoms with Gasteiger partial charge in [-0.25, -0.2) is 4.39 Å². The lowest BCUT2D eigenvalue weighted by Gasteiger charge is -2.62. The van der Waals surface area contributed by atoms with E-state index >= 15 is 4.39 Å². The van der Waals surface area contributed by atoms with Crippen LogP contribution in [0, 0.1) is 40.4 Å². The fourth-order valence-electron chi connectivity index (χ4n) is 8.30. The Kier molecular flexibility index (Phi) is 7.13. The Hall–Kier alpha value is -1.90. The Labute approximate surface area is 218 Å². The number of aliphatic hydroxyl groups excluding tert-OH is 2. The van der Waals surface area contributed by atoms with Crippen LogP contribution in [-0.4, -0.2) is 63.4 Å². The van der Waals surface area contributed by atoms with Gasteiger partial charge >= 0.3 is 5.97 Å². The third-order valence-corrected chi connectivity index (χ3v) is 10.5. The minimum absolute atomic E-state index is 0.0600. The second-order valence-electron chi connectivity index (χ2n) is 12.6. The summed E-state index contributed by atoms with van der Waals surface area (Å²) in [6.07, 6.45) is 4.55. The molecule has 4 aliphatic rings. The van der Waals surface area contributed by atoms with Crippen molar-refractivity contribution in [2.75, 3.05) is 13.2 Å². The van der Waals surface area contributed by atoms with Crippen LogP contribution in [0.25, 0.3) is 0 Å². The van der Waals surface area contributed by atoms with Crippen molar-refractivity contribution in [1.82, 2.24) is 0 Å². The van der Waals surface area contributed by atoms with E-state index in [0.717, 1.165) is 0 Å². The molecule has 0 aromatic rings. The molecule has 10 atom stereocenters. The van der Waals surface area contributed by atoms with Gasteiger partial charge < -0.3 is 20.1 Å². The Morgan fingerprint density at radius 2 is 1.92 bits per heavy atom. The summed E-state index contributed by atoms with van der Waals surface area (Å²) in [5.41, 5.74) is -5.51. The quantitative estimate of drug-likeness (QED) is 0.441. The maximum atomic E-state index is 17.2. The molecular formula is C29H41FO7. The van der Waals surface area contributed by atoms with Gasteiger partial charge in [-0.2, -0.15) is 0 Å². The second kappa shape index (κ2) is 9.38. The maximum absolute atomic E-state index is 17.2. The highest BCUT2D eigenvalue weighted by Gasteiger charge is 2.75. The fourth-order valence-corrected chi connectivity index (χ4v) is 8.30. The molecule has 7 nitrogen and oxygen atoms in total. The van der Waals surface area contributed by atoms with Crippen molar-refractivity contribution in [3.05, 3.63) is 23.8 Å². The minimum Gasteiger partial charge on any atom is -0.457 e. The third kappa shape index (κ3) is 3.89. The number of esters is 1. The van der Waals surface area contributed by atoms with Crippen molar-refractivity contribution in [3.63, 3.8) is 0 Å². The summed E-state index contributed by atoms with van der Waals surface area (Å²) >= 11 is 0. The average molecular weight is 521 g/mol. The van der Waals surface area contributed by atoms with E-state index in [1.54, 1.807) is 33.8 Å².